The third-order valence-corrected chi connectivity index (χ3v) is 1.91. The van der Waals surface area contributed by atoms with Crippen molar-refractivity contribution in [1.29, 1.82) is 0 Å². The molecule has 1 rings (SSSR count). The number of para-hydroxylation sites is 1. The molecule has 0 radical (unpaired) electrons. The average Bonchev–Trinajstić information content (AvgIpc) is 2.23. The largest absolute Gasteiger partial charge is 0.493 e. The molecule has 0 aliphatic carbocycles. The Morgan fingerprint density at radius 3 is 2.56 bits per heavy atom. The van der Waals surface area contributed by atoms with Crippen LogP contribution >= 0.6 is 0 Å². The summed E-state index contributed by atoms with van der Waals surface area (Å²) >= 11 is 0. The number of rotatable bonds is 5. The van der Waals surface area contributed by atoms with Crippen molar-refractivity contribution >= 4 is 6.29 Å². The van der Waals surface area contributed by atoms with E-state index >= 15 is 0 Å². The normalized spacial score (nSPS) is 11.2. The van der Waals surface area contributed by atoms with Crippen LogP contribution in [0.4, 0.5) is 13.2 Å². The predicted molar refractivity (Wildman–Crippen MR) is 52.6 cm³/mol. The van der Waals surface area contributed by atoms with Gasteiger partial charge in [0, 0.05) is 6.42 Å². The Hall–Kier alpha value is -1.52. The van der Waals surface area contributed by atoms with E-state index in [0.717, 1.165) is 0 Å². The van der Waals surface area contributed by atoms with Crippen LogP contribution in [0.5, 0.6) is 5.75 Å². The summed E-state index contributed by atoms with van der Waals surface area (Å²) in [5.41, 5.74) is 0.342. The number of halogens is 3. The van der Waals surface area contributed by atoms with Gasteiger partial charge in [0.25, 0.3) is 0 Å². The van der Waals surface area contributed by atoms with Crippen molar-refractivity contribution in [1.82, 2.24) is 0 Å². The summed E-state index contributed by atoms with van der Waals surface area (Å²) in [6.45, 7) is -0.0512. The van der Waals surface area contributed by atoms with Crippen molar-refractivity contribution in [2.45, 2.75) is 19.0 Å². The van der Waals surface area contributed by atoms with E-state index in [9.17, 15) is 18.0 Å². The molecule has 0 bridgehead atoms. The van der Waals surface area contributed by atoms with Gasteiger partial charge in [-0.15, -0.1) is 0 Å². The molecule has 1 aromatic rings. The smallest absolute Gasteiger partial charge is 0.389 e. The maximum absolute atomic E-state index is 11.8. The van der Waals surface area contributed by atoms with Crippen LogP contribution < -0.4 is 4.74 Å². The third-order valence-electron chi connectivity index (χ3n) is 1.91. The molecule has 16 heavy (non-hydrogen) atoms. The van der Waals surface area contributed by atoms with Crippen molar-refractivity contribution < 1.29 is 22.7 Å². The molecule has 5 heteroatoms. The van der Waals surface area contributed by atoms with Gasteiger partial charge in [0.15, 0.2) is 6.29 Å². The van der Waals surface area contributed by atoms with Gasteiger partial charge in [-0.25, -0.2) is 0 Å². The van der Waals surface area contributed by atoms with Crippen LogP contribution in [-0.4, -0.2) is 19.1 Å². The summed E-state index contributed by atoms with van der Waals surface area (Å²) in [7, 11) is 0. The molecule has 0 atom stereocenters. The van der Waals surface area contributed by atoms with Gasteiger partial charge in [-0.1, -0.05) is 12.1 Å². The number of ether oxygens (including phenoxy) is 1. The quantitative estimate of drug-likeness (QED) is 0.575. The lowest BCUT2D eigenvalue weighted by molar-refractivity contribution is -0.136. The fourth-order valence-electron chi connectivity index (χ4n) is 1.16. The molecule has 0 unspecified atom stereocenters. The van der Waals surface area contributed by atoms with E-state index in [-0.39, 0.29) is 13.0 Å². The molecule has 0 N–H and O–H groups in total. The standard InChI is InChI=1S/C11H11F3O2/c12-11(13,14)6-3-7-16-10-5-2-1-4-9(10)8-15/h1-2,4-5,8H,3,6-7H2. The third kappa shape index (κ3) is 4.33. The SMILES string of the molecule is O=Cc1ccccc1OCCCC(F)(F)F. The predicted octanol–water partition coefficient (Wildman–Crippen LogP) is 3.22. The Labute approximate surface area is 91.0 Å². The Balaban J connectivity index is 2.40. The maximum atomic E-state index is 11.8. The monoisotopic (exact) mass is 232 g/mol. The fourth-order valence-corrected chi connectivity index (χ4v) is 1.16. The molecular formula is C11H11F3O2. The van der Waals surface area contributed by atoms with Gasteiger partial charge in [0.05, 0.1) is 12.2 Å². The van der Waals surface area contributed by atoms with E-state index < -0.39 is 12.6 Å². The Kier molecular flexibility index (Phi) is 4.34. The van der Waals surface area contributed by atoms with Crippen molar-refractivity contribution in [3.05, 3.63) is 29.8 Å². The Bertz CT molecular complexity index is 347. The molecule has 0 fully saturated rings. The van der Waals surface area contributed by atoms with E-state index in [2.05, 4.69) is 0 Å². The second-order valence-corrected chi connectivity index (χ2v) is 3.22. The molecule has 0 aromatic heterocycles. The minimum absolute atomic E-state index is 0.0512. The number of alkyl halides is 3. The summed E-state index contributed by atoms with van der Waals surface area (Å²) < 4.78 is 40.5. The van der Waals surface area contributed by atoms with E-state index in [1.807, 2.05) is 0 Å². The highest BCUT2D eigenvalue weighted by atomic mass is 19.4. The second kappa shape index (κ2) is 5.53. The van der Waals surface area contributed by atoms with Crippen LogP contribution in [0.25, 0.3) is 0 Å². The van der Waals surface area contributed by atoms with Gasteiger partial charge in [-0.05, 0) is 18.6 Å². The van der Waals surface area contributed by atoms with Gasteiger partial charge in [-0.3, -0.25) is 4.79 Å². The van der Waals surface area contributed by atoms with Gasteiger partial charge in [0.1, 0.15) is 5.75 Å². The van der Waals surface area contributed by atoms with E-state index in [0.29, 0.717) is 17.6 Å². The second-order valence-electron chi connectivity index (χ2n) is 3.22. The highest BCUT2D eigenvalue weighted by Gasteiger charge is 2.26. The van der Waals surface area contributed by atoms with E-state index in [1.165, 1.54) is 0 Å². The topological polar surface area (TPSA) is 26.3 Å². The molecular weight excluding hydrogens is 221 g/mol. The number of aldehydes is 1. The van der Waals surface area contributed by atoms with E-state index in [1.54, 1.807) is 24.3 Å². The van der Waals surface area contributed by atoms with Gasteiger partial charge < -0.3 is 4.74 Å². The summed E-state index contributed by atoms with van der Waals surface area (Å²) in [4.78, 5) is 10.6. The molecule has 0 aliphatic rings. The zero-order chi connectivity index (χ0) is 12.0. The van der Waals surface area contributed by atoms with Crippen LogP contribution in [0.1, 0.15) is 23.2 Å². The maximum Gasteiger partial charge on any atom is 0.389 e. The van der Waals surface area contributed by atoms with Crippen molar-refractivity contribution in [3.8, 4) is 5.75 Å². The molecule has 0 saturated heterocycles. The van der Waals surface area contributed by atoms with Crippen LogP contribution in [-0.2, 0) is 0 Å². The zero-order valence-corrected chi connectivity index (χ0v) is 8.46. The molecule has 0 saturated carbocycles. The molecule has 1 aromatic carbocycles. The van der Waals surface area contributed by atoms with Crippen molar-refractivity contribution in [3.63, 3.8) is 0 Å². The summed E-state index contributed by atoms with van der Waals surface area (Å²) in [6.07, 6.45) is -4.54. The zero-order valence-electron chi connectivity index (χ0n) is 8.46. The highest BCUT2D eigenvalue weighted by molar-refractivity contribution is 5.79. The fraction of sp³-hybridized carbons (Fsp3) is 0.364. The number of hydrogen-bond donors (Lipinski definition) is 0. The summed E-state index contributed by atoms with van der Waals surface area (Å²) in [5, 5.41) is 0. The first-order valence-electron chi connectivity index (χ1n) is 4.77. The van der Waals surface area contributed by atoms with Crippen LogP contribution in [0, 0.1) is 0 Å². The molecule has 0 amide bonds. The number of benzene rings is 1. The van der Waals surface area contributed by atoms with Gasteiger partial charge >= 0.3 is 6.18 Å². The van der Waals surface area contributed by atoms with Gasteiger partial charge in [0.2, 0.25) is 0 Å². The van der Waals surface area contributed by atoms with E-state index in [4.69, 9.17) is 4.74 Å². The number of carbonyl (C=O) groups is 1. The minimum atomic E-state index is -4.16. The lowest BCUT2D eigenvalue weighted by Gasteiger charge is -2.09. The highest BCUT2D eigenvalue weighted by Crippen LogP contribution is 2.22. The minimum Gasteiger partial charge on any atom is -0.493 e. The van der Waals surface area contributed by atoms with Crippen LogP contribution in [0.2, 0.25) is 0 Å². The Morgan fingerprint density at radius 1 is 1.25 bits per heavy atom. The van der Waals surface area contributed by atoms with Crippen molar-refractivity contribution in [2.24, 2.45) is 0 Å². The number of hydrogen-bond acceptors (Lipinski definition) is 2. The summed E-state index contributed by atoms with van der Waals surface area (Å²) in [5.74, 6) is 0.319. The lowest BCUT2D eigenvalue weighted by Crippen LogP contribution is -2.10. The lowest BCUT2D eigenvalue weighted by atomic mass is 10.2. The van der Waals surface area contributed by atoms with Crippen LogP contribution in [0.15, 0.2) is 24.3 Å². The van der Waals surface area contributed by atoms with Crippen LogP contribution in [0.3, 0.4) is 0 Å². The van der Waals surface area contributed by atoms with Gasteiger partial charge in [-0.2, -0.15) is 13.2 Å². The average molecular weight is 232 g/mol. The first kappa shape index (κ1) is 12.5. The molecule has 0 spiro atoms. The summed E-state index contributed by atoms with van der Waals surface area (Å²) in [6, 6.07) is 6.42. The molecule has 0 heterocycles. The van der Waals surface area contributed by atoms with Crippen molar-refractivity contribution in [2.75, 3.05) is 6.61 Å². The molecule has 0 aliphatic heterocycles. The first-order valence-corrected chi connectivity index (χ1v) is 4.77. The Morgan fingerprint density at radius 2 is 1.94 bits per heavy atom. The molecule has 2 nitrogen and oxygen atoms in total. The molecule has 88 valence electrons. The number of carbonyl (C=O) groups excluding carboxylic acids is 1. The first-order chi connectivity index (χ1) is 7.53.